The number of nitrogens with zero attached hydrogens (tertiary/aromatic N) is 1. The van der Waals surface area contributed by atoms with Crippen molar-refractivity contribution in [3.8, 4) is 0 Å². The van der Waals surface area contributed by atoms with Gasteiger partial charge in [0, 0.05) is 7.11 Å². The van der Waals surface area contributed by atoms with E-state index in [-0.39, 0.29) is 17.5 Å². The molecular weight excluding hydrogens is 196 g/mol. The number of nitrogens with two attached hydrogens (primary N) is 1. The van der Waals surface area contributed by atoms with Crippen molar-refractivity contribution in [2.75, 3.05) is 13.7 Å². The molecule has 90 valence electrons. The Morgan fingerprint density at radius 2 is 2.13 bits per heavy atom. The Morgan fingerprint density at radius 3 is 2.53 bits per heavy atom. The molecule has 0 heterocycles. The van der Waals surface area contributed by atoms with Gasteiger partial charge in [0.15, 0.2) is 5.84 Å². The summed E-state index contributed by atoms with van der Waals surface area (Å²) < 4.78 is 10.7. The average Bonchev–Trinajstić information content (AvgIpc) is 2.23. The molecule has 0 saturated carbocycles. The highest BCUT2D eigenvalue weighted by Crippen LogP contribution is 2.13. The van der Waals surface area contributed by atoms with E-state index in [9.17, 15) is 0 Å². The Hall–Kier alpha value is -0.810. The van der Waals surface area contributed by atoms with Crippen molar-refractivity contribution in [1.29, 1.82) is 0 Å². The summed E-state index contributed by atoms with van der Waals surface area (Å²) in [5.41, 5.74) is 5.25. The number of methoxy groups -OCH3 is 1. The van der Waals surface area contributed by atoms with Gasteiger partial charge >= 0.3 is 0 Å². The molecule has 1 unspecified atom stereocenters. The average molecular weight is 218 g/mol. The molecule has 0 aliphatic rings. The van der Waals surface area contributed by atoms with Crippen LogP contribution in [0, 0.1) is 0 Å². The van der Waals surface area contributed by atoms with Crippen LogP contribution in [0.5, 0.6) is 0 Å². The van der Waals surface area contributed by atoms with E-state index in [1.807, 2.05) is 20.8 Å². The number of hydrogen-bond acceptors (Lipinski definition) is 4. The second kappa shape index (κ2) is 6.63. The van der Waals surface area contributed by atoms with Crippen LogP contribution in [0.25, 0.3) is 0 Å². The Morgan fingerprint density at radius 1 is 1.53 bits per heavy atom. The molecule has 0 bridgehead atoms. The highest BCUT2D eigenvalue weighted by atomic mass is 16.5. The fourth-order valence-corrected chi connectivity index (χ4v) is 1.03. The Bertz CT molecular complexity index is 205. The van der Waals surface area contributed by atoms with E-state index >= 15 is 0 Å². The van der Waals surface area contributed by atoms with E-state index in [1.54, 1.807) is 7.11 Å². The second-order valence-corrected chi connectivity index (χ2v) is 4.01. The molecule has 15 heavy (non-hydrogen) atoms. The van der Waals surface area contributed by atoms with Crippen molar-refractivity contribution < 1.29 is 14.7 Å². The molecule has 0 aromatic rings. The molecule has 0 aromatic heterocycles. The lowest BCUT2D eigenvalue weighted by Crippen LogP contribution is -2.33. The van der Waals surface area contributed by atoms with Crippen LogP contribution >= 0.6 is 0 Å². The molecule has 0 fully saturated rings. The Kier molecular flexibility index (Phi) is 6.27. The maximum Gasteiger partial charge on any atom is 0.168 e. The molecule has 0 amide bonds. The van der Waals surface area contributed by atoms with Crippen LogP contribution in [0.15, 0.2) is 5.16 Å². The topological polar surface area (TPSA) is 77.1 Å². The zero-order valence-corrected chi connectivity index (χ0v) is 9.99. The maximum absolute atomic E-state index is 8.50. The fraction of sp³-hybridized carbons (Fsp3) is 0.900. The largest absolute Gasteiger partial charge is 0.409 e. The van der Waals surface area contributed by atoms with E-state index < -0.39 is 0 Å². The predicted molar refractivity (Wildman–Crippen MR) is 59.1 cm³/mol. The molecular formula is C10H22N2O3. The maximum atomic E-state index is 8.50. The third kappa shape index (κ3) is 5.59. The molecule has 3 N–H and O–H groups in total. The monoisotopic (exact) mass is 218 g/mol. The third-order valence-electron chi connectivity index (χ3n) is 2.39. The number of hydrogen-bond donors (Lipinski definition) is 2. The van der Waals surface area contributed by atoms with E-state index in [2.05, 4.69) is 5.16 Å². The number of amidine groups is 1. The summed E-state index contributed by atoms with van der Waals surface area (Å²) in [6.07, 6.45) is 1.13. The minimum atomic E-state index is -0.317. The van der Waals surface area contributed by atoms with Crippen LogP contribution in [0.3, 0.4) is 0 Å². The van der Waals surface area contributed by atoms with Gasteiger partial charge in [-0.25, -0.2) is 0 Å². The van der Waals surface area contributed by atoms with E-state index in [4.69, 9.17) is 20.4 Å². The van der Waals surface area contributed by atoms with Crippen molar-refractivity contribution in [2.45, 2.75) is 45.3 Å². The van der Waals surface area contributed by atoms with Gasteiger partial charge in [0.05, 0.1) is 12.2 Å². The summed E-state index contributed by atoms with van der Waals surface area (Å²) in [6, 6.07) is 0. The van der Waals surface area contributed by atoms with Crippen LogP contribution in [0.1, 0.15) is 33.6 Å². The molecule has 5 nitrogen and oxygen atoms in total. The smallest absolute Gasteiger partial charge is 0.168 e. The quantitative estimate of drug-likeness (QED) is 0.292. The second-order valence-electron chi connectivity index (χ2n) is 4.01. The number of rotatable bonds is 7. The lowest BCUT2D eigenvalue weighted by Gasteiger charge is -2.24. The van der Waals surface area contributed by atoms with Gasteiger partial charge in [0.1, 0.15) is 6.10 Å². The van der Waals surface area contributed by atoms with Crippen molar-refractivity contribution >= 4 is 5.84 Å². The van der Waals surface area contributed by atoms with E-state index in [0.29, 0.717) is 13.0 Å². The Labute approximate surface area is 91.2 Å². The molecule has 0 rings (SSSR count). The molecule has 0 radical (unpaired) electrons. The Balaban J connectivity index is 3.93. The van der Waals surface area contributed by atoms with Gasteiger partial charge in [-0.1, -0.05) is 12.1 Å². The predicted octanol–water partition coefficient (Wildman–Crippen LogP) is 1.34. The normalized spacial score (nSPS) is 15.3. The third-order valence-corrected chi connectivity index (χ3v) is 2.39. The first kappa shape index (κ1) is 14.2. The lowest BCUT2D eigenvalue weighted by molar-refractivity contribution is -0.0169. The van der Waals surface area contributed by atoms with Crippen molar-refractivity contribution in [2.24, 2.45) is 10.9 Å². The van der Waals surface area contributed by atoms with Gasteiger partial charge in [-0.3, -0.25) is 0 Å². The van der Waals surface area contributed by atoms with E-state index in [1.165, 1.54) is 0 Å². The minimum Gasteiger partial charge on any atom is -0.409 e. The molecule has 0 aromatic carbocycles. The summed E-state index contributed by atoms with van der Waals surface area (Å²) in [4.78, 5) is 0. The van der Waals surface area contributed by atoms with Gasteiger partial charge in [0.25, 0.3) is 0 Å². The molecule has 5 heteroatoms. The number of ether oxygens (including phenoxy) is 2. The summed E-state index contributed by atoms with van der Waals surface area (Å²) in [5, 5.41) is 11.4. The summed E-state index contributed by atoms with van der Waals surface area (Å²) in [6.45, 7) is 6.42. The van der Waals surface area contributed by atoms with Gasteiger partial charge in [0.2, 0.25) is 0 Å². The van der Waals surface area contributed by atoms with E-state index in [0.717, 1.165) is 6.42 Å². The fourth-order valence-electron chi connectivity index (χ4n) is 1.03. The van der Waals surface area contributed by atoms with Crippen LogP contribution < -0.4 is 5.73 Å². The standard InChI is InChI=1S/C10H22N2O3/c1-5-8(9(11)12-13)15-7-6-10(2,3)14-4/h8,13H,5-7H2,1-4H3,(H2,11,12). The van der Waals surface area contributed by atoms with Crippen molar-refractivity contribution in [3.63, 3.8) is 0 Å². The van der Waals surface area contributed by atoms with Gasteiger partial charge in [-0.2, -0.15) is 0 Å². The molecule has 1 atom stereocenters. The highest BCUT2D eigenvalue weighted by molar-refractivity contribution is 5.84. The van der Waals surface area contributed by atoms with Crippen LogP contribution in [-0.4, -0.2) is 36.5 Å². The van der Waals surface area contributed by atoms with Gasteiger partial charge in [-0.05, 0) is 26.7 Å². The highest BCUT2D eigenvalue weighted by Gasteiger charge is 2.18. The summed E-state index contributed by atoms with van der Waals surface area (Å²) in [7, 11) is 1.67. The molecule has 0 aliphatic heterocycles. The first-order valence-corrected chi connectivity index (χ1v) is 5.11. The lowest BCUT2D eigenvalue weighted by atomic mass is 10.1. The summed E-state index contributed by atoms with van der Waals surface area (Å²) in [5.74, 6) is 0.118. The first-order valence-electron chi connectivity index (χ1n) is 5.11. The zero-order valence-electron chi connectivity index (χ0n) is 9.99. The SMILES string of the molecule is CCC(OCCC(C)(C)OC)C(N)=NO. The van der Waals surface area contributed by atoms with Crippen LogP contribution in [-0.2, 0) is 9.47 Å². The molecule has 0 spiro atoms. The minimum absolute atomic E-state index is 0.118. The summed E-state index contributed by atoms with van der Waals surface area (Å²) >= 11 is 0. The van der Waals surface area contributed by atoms with Crippen molar-refractivity contribution in [3.05, 3.63) is 0 Å². The first-order chi connectivity index (χ1) is 6.96. The van der Waals surface area contributed by atoms with Crippen molar-refractivity contribution in [1.82, 2.24) is 0 Å². The van der Waals surface area contributed by atoms with Gasteiger partial charge < -0.3 is 20.4 Å². The van der Waals surface area contributed by atoms with Crippen LogP contribution in [0.2, 0.25) is 0 Å². The van der Waals surface area contributed by atoms with Gasteiger partial charge in [-0.15, -0.1) is 0 Å². The number of oxime groups is 1. The molecule has 0 aliphatic carbocycles. The zero-order chi connectivity index (χ0) is 11.9. The van der Waals surface area contributed by atoms with Crippen LogP contribution in [0.4, 0.5) is 0 Å². The molecule has 0 saturated heterocycles.